The van der Waals surface area contributed by atoms with Crippen LogP contribution in [0.25, 0.3) is 0 Å². The molecular formula is C20H27N3O5. The van der Waals surface area contributed by atoms with Crippen LogP contribution in [-0.2, 0) is 19.1 Å². The number of hydrogen-bond donors (Lipinski definition) is 1. The summed E-state index contributed by atoms with van der Waals surface area (Å²) in [5.41, 5.74) is 0.660. The summed E-state index contributed by atoms with van der Waals surface area (Å²) in [7, 11) is 0. The standard InChI is InChI=1S/C20H27N3O5/c1-3-15(4-2)13-26-17-10-16(11-22-12-17)23-9-5-8-21-14-20(23)27-18(24)6-7-19(25)28-20/h6-7,10-12,15,21H,3-5,8-9,13-14H2,1-2H3. The molecule has 0 bridgehead atoms. The van der Waals surface area contributed by atoms with E-state index in [0.29, 0.717) is 37.1 Å². The van der Waals surface area contributed by atoms with Crippen molar-refractivity contribution in [3.8, 4) is 5.75 Å². The van der Waals surface area contributed by atoms with Crippen LogP contribution in [0.1, 0.15) is 33.1 Å². The number of carbonyl (C=O) groups excluding carboxylic acids is 2. The second kappa shape index (κ2) is 9.05. The molecule has 3 rings (SSSR count). The van der Waals surface area contributed by atoms with Gasteiger partial charge in [0, 0.05) is 24.8 Å². The molecule has 1 fully saturated rings. The fourth-order valence-corrected chi connectivity index (χ4v) is 3.29. The maximum absolute atomic E-state index is 12.1. The third kappa shape index (κ3) is 4.62. The van der Waals surface area contributed by atoms with Crippen LogP contribution in [0.2, 0.25) is 0 Å². The van der Waals surface area contributed by atoms with Gasteiger partial charge in [0.1, 0.15) is 5.75 Å². The summed E-state index contributed by atoms with van der Waals surface area (Å²) in [5, 5.41) is 3.17. The highest BCUT2D eigenvalue weighted by molar-refractivity contribution is 5.93. The van der Waals surface area contributed by atoms with E-state index in [1.807, 2.05) is 6.07 Å². The molecule has 3 heterocycles. The van der Waals surface area contributed by atoms with E-state index < -0.39 is 17.8 Å². The molecule has 0 radical (unpaired) electrons. The van der Waals surface area contributed by atoms with Gasteiger partial charge < -0.3 is 19.5 Å². The van der Waals surface area contributed by atoms with Crippen LogP contribution in [0.4, 0.5) is 5.69 Å². The van der Waals surface area contributed by atoms with E-state index >= 15 is 0 Å². The predicted octanol–water partition coefficient (Wildman–Crippen LogP) is 2.01. The zero-order chi connectivity index (χ0) is 20.0. The Hall–Kier alpha value is -2.61. The molecule has 1 spiro atoms. The zero-order valence-corrected chi connectivity index (χ0v) is 16.3. The lowest BCUT2D eigenvalue weighted by Gasteiger charge is -2.40. The molecule has 2 aliphatic heterocycles. The van der Waals surface area contributed by atoms with Gasteiger partial charge in [-0.3, -0.25) is 9.88 Å². The van der Waals surface area contributed by atoms with Gasteiger partial charge in [-0.2, -0.15) is 0 Å². The van der Waals surface area contributed by atoms with Crippen LogP contribution >= 0.6 is 0 Å². The number of pyridine rings is 1. The molecule has 8 heteroatoms. The molecule has 0 unspecified atom stereocenters. The van der Waals surface area contributed by atoms with Crippen molar-refractivity contribution in [2.75, 3.05) is 31.1 Å². The van der Waals surface area contributed by atoms with Crippen LogP contribution in [0.15, 0.2) is 30.6 Å². The maximum Gasteiger partial charge on any atom is 0.356 e. The minimum atomic E-state index is -1.57. The monoisotopic (exact) mass is 389 g/mol. The summed E-state index contributed by atoms with van der Waals surface area (Å²) >= 11 is 0. The summed E-state index contributed by atoms with van der Waals surface area (Å²) in [4.78, 5) is 30.2. The molecule has 0 aromatic carbocycles. The maximum atomic E-state index is 12.1. The average molecular weight is 389 g/mol. The number of rotatable bonds is 6. The van der Waals surface area contributed by atoms with Gasteiger partial charge in [-0.15, -0.1) is 0 Å². The highest BCUT2D eigenvalue weighted by Crippen LogP contribution is 2.31. The van der Waals surface area contributed by atoms with Gasteiger partial charge >= 0.3 is 17.8 Å². The Labute approximate surface area is 164 Å². The molecule has 1 saturated heterocycles. The fraction of sp³-hybridized carbons (Fsp3) is 0.550. The fourth-order valence-electron chi connectivity index (χ4n) is 3.29. The first-order valence-corrected chi connectivity index (χ1v) is 9.76. The van der Waals surface area contributed by atoms with Crippen molar-refractivity contribution in [3.63, 3.8) is 0 Å². The third-order valence-electron chi connectivity index (χ3n) is 5.02. The molecule has 0 aliphatic carbocycles. The summed E-state index contributed by atoms with van der Waals surface area (Å²) in [6, 6.07) is 1.84. The van der Waals surface area contributed by atoms with Crippen LogP contribution in [0.5, 0.6) is 5.75 Å². The van der Waals surface area contributed by atoms with Crippen LogP contribution in [0, 0.1) is 5.92 Å². The second-order valence-corrected chi connectivity index (χ2v) is 6.94. The number of aromatic nitrogens is 1. The molecule has 0 saturated carbocycles. The summed E-state index contributed by atoms with van der Waals surface area (Å²) < 4.78 is 17.0. The van der Waals surface area contributed by atoms with E-state index in [9.17, 15) is 9.59 Å². The van der Waals surface area contributed by atoms with Crippen molar-refractivity contribution < 1.29 is 23.8 Å². The Morgan fingerprint density at radius 3 is 2.61 bits per heavy atom. The molecule has 1 N–H and O–H groups in total. The van der Waals surface area contributed by atoms with E-state index in [4.69, 9.17) is 14.2 Å². The molecule has 0 amide bonds. The summed E-state index contributed by atoms with van der Waals surface area (Å²) in [6.45, 7) is 6.28. The number of hydrogen-bond acceptors (Lipinski definition) is 8. The minimum absolute atomic E-state index is 0.158. The number of nitrogens with one attached hydrogen (secondary N) is 1. The highest BCUT2D eigenvalue weighted by Gasteiger charge is 2.47. The predicted molar refractivity (Wildman–Crippen MR) is 103 cm³/mol. The van der Waals surface area contributed by atoms with Crippen molar-refractivity contribution in [1.29, 1.82) is 0 Å². The van der Waals surface area contributed by atoms with Crippen LogP contribution in [-0.4, -0.2) is 49.1 Å². The first kappa shape index (κ1) is 20.1. The van der Waals surface area contributed by atoms with Crippen molar-refractivity contribution in [1.82, 2.24) is 10.3 Å². The summed E-state index contributed by atoms with van der Waals surface area (Å²) in [5.74, 6) is -1.72. The van der Waals surface area contributed by atoms with Gasteiger partial charge in [0.15, 0.2) is 0 Å². The molecular weight excluding hydrogens is 362 g/mol. The highest BCUT2D eigenvalue weighted by atomic mass is 16.8. The van der Waals surface area contributed by atoms with Gasteiger partial charge in [-0.1, -0.05) is 26.7 Å². The lowest BCUT2D eigenvalue weighted by atomic mass is 10.1. The number of carbonyl (C=O) groups is 2. The van der Waals surface area contributed by atoms with E-state index in [-0.39, 0.29) is 6.54 Å². The number of esters is 2. The summed E-state index contributed by atoms with van der Waals surface area (Å²) in [6.07, 6.45) is 8.33. The Balaban J connectivity index is 1.87. The zero-order valence-electron chi connectivity index (χ0n) is 16.3. The van der Waals surface area contributed by atoms with E-state index in [1.54, 1.807) is 17.3 Å². The van der Waals surface area contributed by atoms with Crippen molar-refractivity contribution in [3.05, 3.63) is 30.6 Å². The molecule has 2 aliphatic rings. The van der Waals surface area contributed by atoms with Gasteiger partial charge in [-0.05, 0) is 18.9 Å². The molecule has 8 nitrogen and oxygen atoms in total. The largest absolute Gasteiger partial charge is 0.492 e. The normalized spacial score (nSPS) is 19.2. The van der Waals surface area contributed by atoms with E-state index in [2.05, 4.69) is 24.1 Å². The molecule has 0 atom stereocenters. The second-order valence-electron chi connectivity index (χ2n) is 6.94. The molecule has 1 aromatic rings. The van der Waals surface area contributed by atoms with Crippen molar-refractivity contribution in [2.24, 2.45) is 5.92 Å². The smallest absolute Gasteiger partial charge is 0.356 e. The van der Waals surface area contributed by atoms with E-state index in [0.717, 1.165) is 31.4 Å². The molecule has 152 valence electrons. The Morgan fingerprint density at radius 1 is 1.21 bits per heavy atom. The Morgan fingerprint density at radius 2 is 1.93 bits per heavy atom. The first-order valence-electron chi connectivity index (χ1n) is 9.76. The molecule has 28 heavy (non-hydrogen) atoms. The van der Waals surface area contributed by atoms with Crippen LogP contribution < -0.4 is 15.0 Å². The average Bonchev–Trinajstić information content (AvgIpc) is 2.98. The molecule has 1 aromatic heterocycles. The van der Waals surface area contributed by atoms with Crippen molar-refractivity contribution >= 4 is 17.6 Å². The topological polar surface area (TPSA) is 90.0 Å². The van der Waals surface area contributed by atoms with Crippen molar-refractivity contribution in [2.45, 2.75) is 39.0 Å². The Kier molecular flexibility index (Phi) is 6.51. The van der Waals surface area contributed by atoms with Gasteiger partial charge in [0.25, 0.3) is 0 Å². The van der Waals surface area contributed by atoms with Gasteiger partial charge in [0.05, 0.1) is 31.2 Å². The number of nitrogens with zero attached hydrogens (tertiary/aromatic N) is 2. The number of ether oxygens (including phenoxy) is 3. The first-order chi connectivity index (χ1) is 13.6. The number of anilines is 1. The lowest BCUT2D eigenvalue weighted by molar-refractivity contribution is -0.217. The van der Waals surface area contributed by atoms with Gasteiger partial charge in [-0.25, -0.2) is 9.59 Å². The SMILES string of the molecule is CCC(CC)COc1cncc(N2CCCNCC23OC(=O)C=CC(=O)O3)c1. The van der Waals surface area contributed by atoms with Crippen LogP contribution in [0.3, 0.4) is 0 Å². The lowest BCUT2D eigenvalue weighted by Crippen LogP contribution is -2.58. The van der Waals surface area contributed by atoms with Gasteiger partial charge in [0.2, 0.25) is 0 Å². The third-order valence-corrected chi connectivity index (χ3v) is 5.02. The minimum Gasteiger partial charge on any atom is -0.492 e. The quantitative estimate of drug-likeness (QED) is 0.739. The van der Waals surface area contributed by atoms with E-state index in [1.165, 1.54) is 0 Å². The Bertz CT molecular complexity index is 712.